The number of aliphatic hydroxyl groups is 1. The molecule has 66 valence electrons. The maximum absolute atomic E-state index is 10.2. The van der Waals surface area contributed by atoms with Crippen LogP contribution in [0.2, 0.25) is 0 Å². The van der Waals surface area contributed by atoms with Crippen LogP contribution in [0.5, 0.6) is 0 Å². The summed E-state index contributed by atoms with van der Waals surface area (Å²) in [6.07, 6.45) is 2.37. The Bertz CT molecular complexity index is 284. The van der Waals surface area contributed by atoms with Gasteiger partial charge in [0.15, 0.2) is 0 Å². The van der Waals surface area contributed by atoms with E-state index in [0.29, 0.717) is 5.92 Å². The number of rotatable bonds is 2. The summed E-state index contributed by atoms with van der Waals surface area (Å²) in [5.41, 5.74) is 0.676. The van der Waals surface area contributed by atoms with E-state index in [-0.39, 0.29) is 0 Å². The Balaban J connectivity index is 2.33. The van der Waals surface area contributed by atoms with Gasteiger partial charge in [-0.25, -0.2) is 0 Å². The molecule has 0 aliphatic heterocycles. The number of thiophene rings is 1. The summed E-state index contributed by atoms with van der Waals surface area (Å²) in [6.45, 7) is 4.02. The molecule has 0 bridgehead atoms. The van der Waals surface area contributed by atoms with Crippen molar-refractivity contribution in [2.75, 3.05) is 0 Å². The van der Waals surface area contributed by atoms with Crippen LogP contribution in [0.25, 0.3) is 0 Å². The van der Waals surface area contributed by atoms with Crippen LogP contribution in [0.1, 0.15) is 30.2 Å². The Morgan fingerprint density at radius 3 is 2.67 bits per heavy atom. The SMILES string of the molecule is Cc1ccsc1[C@](C)(O)C1CC1. The minimum absolute atomic E-state index is 0.509. The van der Waals surface area contributed by atoms with Crippen LogP contribution in [0.4, 0.5) is 0 Å². The monoisotopic (exact) mass is 182 g/mol. The highest BCUT2D eigenvalue weighted by molar-refractivity contribution is 7.10. The molecule has 1 aliphatic rings. The fourth-order valence-electron chi connectivity index (χ4n) is 1.72. The minimum atomic E-state index is -0.557. The zero-order valence-corrected chi connectivity index (χ0v) is 8.32. The summed E-state index contributed by atoms with van der Waals surface area (Å²) in [5.74, 6) is 0.509. The summed E-state index contributed by atoms with van der Waals surface area (Å²) < 4.78 is 0. The Labute approximate surface area is 77.0 Å². The first-order valence-electron chi connectivity index (χ1n) is 4.39. The number of hydrogen-bond acceptors (Lipinski definition) is 2. The van der Waals surface area contributed by atoms with Gasteiger partial charge in [-0.15, -0.1) is 11.3 Å². The third-order valence-electron chi connectivity index (χ3n) is 2.69. The van der Waals surface area contributed by atoms with E-state index >= 15 is 0 Å². The Morgan fingerprint density at radius 1 is 1.58 bits per heavy atom. The average Bonchev–Trinajstić information content (AvgIpc) is 2.75. The highest BCUT2D eigenvalue weighted by Crippen LogP contribution is 2.47. The molecule has 1 nitrogen and oxygen atoms in total. The summed E-state index contributed by atoms with van der Waals surface area (Å²) in [4.78, 5) is 1.16. The van der Waals surface area contributed by atoms with Gasteiger partial charge in [0.25, 0.3) is 0 Å². The largest absolute Gasteiger partial charge is 0.384 e. The van der Waals surface area contributed by atoms with Crippen molar-refractivity contribution < 1.29 is 5.11 Å². The normalized spacial score (nSPS) is 22.2. The van der Waals surface area contributed by atoms with Crippen LogP contribution in [-0.2, 0) is 5.60 Å². The maximum atomic E-state index is 10.2. The zero-order chi connectivity index (χ0) is 8.77. The van der Waals surface area contributed by atoms with E-state index < -0.39 is 5.60 Å². The summed E-state index contributed by atoms with van der Waals surface area (Å²) >= 11 is 1.67. The average molecular weight is 182 g/mol. The predicted molar refractivity (Wildman–Crippen MR) is 51.4 cm³/mol. The molecule has 2 heteroatoms. The zero-order valence-electron chi connectivity index (χ0n) is 7.50. The lowest BCUT2D eigenvalue weighted by atomic mass is 9.96. The highest BCUT2D eigenvalue weighted by Gasteiger charge is 2.42. The summed E-state index contributed by atoms with van der Waals surface area (Å²) in [6, 6.07) is 2.08. The molecule has 1 heterocycles. The standard InChI is InChI=1S/C10H14OS/c1-7-5-6-12-9(7)10(2,11)8-3-4-8/h5-6,8,11H,3-4H2,1-2H3/t10-/m1/s1. The van der Waals surface area contributed by atoms with Crippen LogP contribution in [0.3, 0.4) is 0 Å². The van der Waals surface area contributed by atoms with Gasteiger partial charge in [-0.2, -0.15) is 0 Å². The molecule has 1 saturated carbocycles. The molecule has 1 aromatic heterocycles. The van der Waals surface area contributed by atoms with Gasteiger partial charge < -0.3 is 5.11 Å². The van der Waals surface area contributed by atoms with E-state index in [1.54, 1.807) is 11.3 Å². The number of aryl methyl sites for hydroxylation is 1. The second-order valence-electron chi connectivity index (χ2n) is 3.85. The number of hydrogen-bond donors (Lipinski definition) is 1. The van der Waals surface area contributed by atoms with Gasteiger partial charge in [0.1, 0.15) is 0 Å². The van der Waals surface area contributed by atoms with E-state index in [1.165, 1.54) is 18.4 Å². The molecule has 0 saturated heterocycles. The lowest BCUT2D eigenvalue weighted by Gasteiger charge is -2.22. The van der Waals surface area contributed by atoms with Crippen LogP contribution >= 0.6 is 11.3 Å². The van der Waals surface area contributed by atoms with Crippen molar-refractivity contribution in [3.05, 3.63) is 21.9 Å². The van der Waals surface area contributed by atoms with Gasteiger partial charge in [-0.3, -0.25) is 0 Å². The fourth-order valence-corrected chi connectivity index (χ4v) is 2.79. The van der Waals surface area contributed by atoms with E-state index in [2.05, 4.69) is 18.4 Å². The van der Waals surface area contributed by atoms with Crippen LogP contribution < -0.4 is 0 Å². The molecule has 2 rings (SSSR count). The van der Waals surface area contributed by atoms with Crippen LogP contribution in [-0.4, -0.2) is 5.11 Å². The molecule has 12 heavy (non-hydrogen) atoms. The van der Waals surface area contributed by atoms with Crippen molar-refractivity contribution in [1.82, 2.24) is 0 Å². The first kappa shape index (κ1) is 8.27. The second kappa shape index (κ2) is 2.57. The van der Waals surface area contributed by atoms with Gasteiger partial charge in [-0.1, -0.05) is 0 Å². The van der Waals surface area contributed by atoms with Gasteiger partial charge in [-0.05, 0) is 49.6 Å². The van der Waals surface area contributed by atoms with Crippen molar-refractivity contribution >= 4 is 11.3 Å². The lowest BCUT2D eigenvalue weighted by Crippen LogP contribution is -2.23. The van der Waals surface area contributed by atoms with Crippen LogP contribution in [0.15, 0.2) is 11.4 Å². The Kier molecular flexibility index (Phi) is 1.77. The topological polar surface area (TPSA) is 20.2 Å². The molecule has 1 atom stereocenters. The fraction of sp³-hybridized carbons (Fsp3) is 0.600. The second-order valence-corrected chi connectivity index (χ2v) is 4.77. The Morgan fingerprint density at radius 2 is 2.25 bits per heavy atom. The molecule has 0 spiro atoms. The van der Waals surface area contributed by atoms with Crippen molar-refractivity contribution in [3.8, 4) is 0 Å². The molecule has 1 fully saturated rings. The van der Waals surface area contributed by atoms with Gasteiger partial charge in [0.2, 0.25) is 0 Å². The van der Waals surface area contributed by atoms with E-state index in [1.807, 2.05) is 6.92 Å². The van der Waals surface area contributed by atoms with E-state index in [4.69, 9.17) is 0 Å². The smallest absolute Gasteiger partial charge is 0.0990 e. The molecule has 1 aromatic rings. The minimum Gasteiger partial charge on any atom is -0.384 e. The van der Waals surface area contributed by atoms with Crippen molar-refractivity contribution in [1.29, 1.82) is 0 Å². The van der Waals surface area contributed by atoms with Crippen molar-refractivity contribution in [2.24, 2.45) is 5.92 Å². The van der Waals surface area contributed by atoms with Gasteiger partial charge >= 0.3 is 0 Å². The predicted octanol–water partition coefficient (Wildman–Crippen LogP) is 2.67. The molecule has 0 radical (unpaired) electrons. The van der Waals surface area contributed by atoms with E-state index in [9.17, 15) is 5.11 Å². The quantitative estimate of drug-likeness (QED) is 0.745. The van der Waals surface area contributed by atoms with E-state index in [0.717, 1.165) is 4.88 Å². The maximum Gasteiger partial charge on any atom is 0.0990 e. The first-order valence-corrected chi connectivity index (χ1v) is 5.27. The van der Waals surface area contributed by atoms with Crippen molar-refractivity contribution in [3.63, 3.8) is 0 Å². The lowest BCUT2D eigenvalue weighted by molar-refractivity contribution is 0.0363. The van der Waals surface area contributed by atoms with Crippen molar-refractivity contribution in [2.45, 2.75) is 32.3 Å². The summed E-state index contributed by atoms with van der Waals surface area (Å²) in [5, 5.41) is 12.3. The first-order chi connectivity index (χ1) is 5.62. The molecule has 0 unspecified atom stereocenters. The highest BCUT2D eigenvalue weighted by atomic mass is 32.1. The van der Waals surface area contributed by atoms with Gasteiger partial charge in [0.05, 0.1) is 5.60 Å². The molecule has 0 aromatic carbocycles. The summed E-state index contributed by atoms with van der Waals surface area (Å²) in [7, 11) is 0. The van der Waals surface area contributed by atoms with Gasteiger partial charge in [0, 0.05) is 4.88 Å². The molecular weight excluding hydrogens is 168 g/mol. The third kappa shape index (κ3) is 1.19. The van der Waals surface area contributed by atoms with Crippen LogP contribution in [0, 0.1) is 12.8 Å². The molecule has 1 N–H and O–H groups in total. The Hall–Kier alpha value is -0.340. The molecule has 0 amide bonds. The molecule has 1 aliphatic carbocycles. The third-order valence-corrected chi connectivity index (χ3v) is 3.94. The molecular formula is C10H14OS.